The van der Waals surface area contributed by atoms with Crippen molar-refractivity contribution in [3.05, 3.63) is 0 Å². The van der Waals surface area contributed by atoms with Crippen LogP contribution in [0, 0.1) is 11.8 Å². The molecule has 0 rings (SSSR count). The van der Waals surface area contributed by atoms with Crippen molar-refractivity contribution in [2.75, 3.05) is 11.5 Å². The first-order chi connectivity index (χ1) is 15.9. The third kappa shape index (κ3) is 16.7. The standard InChI is InChI=1S/2C8H17.2C5H10O2S.Sn/c2*1-3-5-7-8-6-4-2;2*1-4(2-3-8)5(6)7;/h2*1,3-8H2,2H3;2*4,8H,2-3H2,1H3,(H,6,7);/q;;;;+2/p-2. The van der Waals surface area contributed by atoms with Gasteiger partial charge in [0.2, 0.25) is 0 Å². The van der Waals surface area contributed by atoms with Crippen LogP contribution in [0.4, 0.5) is 0 Å². The van der Waals surface area contributed by atoms with Crippen LogP contribution in [0.15, 0.2) is 0 Å². The van der Waals surface area contributed by atoms with E-state index in [4.69, 9.17) is 6.15 Å². The first-order valence-corrected chi connectivity index (χ1v) is 21.2. The first-order valence-electron chi connectivity index (χ1n) is 13.5. The number of rotatable bonds is 22. The van der Waals surface area contributed by atoms with E-state index in [2.05, 4.69) is 39.1 Å². The molecule has 0 radical (unpaired) electrons. The van der Waals surface area contributed by atoms with E-state index in [1.807, 2.05) is 13.8 Å². The van der Waals surface area contributed by atoms with Gasteiger partial charge in [-0.05, 0) is 0 Å². The molecular weight excluding hydrogens is 559 g/mol. The van der Waals surface area contributed by atoms with Gasteiger partial charge in [0.05, 0.1) is 0 Å². The van der Waals surface area contributed by atoms with Gasteiger partial charge in [-0.3, -0.25) is 0 Å². The Kier molecular flexibility index (Phi) is 22.0. The zero-order valence-electron chi connectivity index (χ0n) is 21.9. The maximum absolute atomic E-state index is 13.0. The van der Waals surface area contributed by atoms with Crippen molar-refractivity contribution in [3.8, 4) is 0 Å². The average molecular weight is 612 g/mol. The van der Waals surface area contributed by atoms with Crippen LogP contribution in [0.2, 0.25) is 8.87 Å². The molecule has 0 amide bonds. The molecule has 4 nitrogen and oxygen atoms in total. The fourth-order valence-corrected chi connectivity index (χ4v) is 14.4. The molecule has 0 N–H and O–H groups in total. The molecule has 0 bridgehead atoms. The summed E-state index contributed by atoms with van der Waals surface area (Å²) in [5.74, 6) is 0.499. The van der Waals surface area contributed by atoms with Crippen LogP contribution in [0.1, 0.15) is 118 Å². The molecular formula is C26H52O4S2Sn. The second-order valence-corrected chi connectivity index (χ2v) is 19.7. The summed E-state index contributed by atoms with van der Waals surface area (Å²) in [6, 6.07) is 0. The van der Waals surface area contributed by atoms with E-state index >= 15 is 0 Å². The molecule has 0 saturated heterocycles. The van der Waals surface area contributed by atoms with Gasteiger partial charge in [-0.15, -0.1) is 0 Å². The maximum atomic E-state index is 13.0. The van der Waals surface area contributed by atoms with Crippen LogP contribution in [0.25, 0.3) is 0 Å². The fourth-order valence-electron chi connectivity index (χ4n) is 3.89. The number of carbonyl (C=O) groups excluding carboxylic acids is 2. The monoisotopic (exact) mass is 612 g/mol. The second-order valence-electron chi connectivity index (χ2n) is 9.62. The topological polar surface area (TPSA) is 52.6 Å². The molecule has 196 valence electrons. The molecule has 0 aliphatic rings. The van der Waals surface area contributed by atoms with Crippen molar-refractivity contribution in [2.45, 2.75) is 126 Å². The molecule has 0 saturated carbocycles. The zero-order chi connectivity index (χ0) is 25.0. The minimum absolute atomic E-state index is 0.188. The van der Waals surface area contributed by atoms with Crippen molar-refractivity contribution in [3.63, 3.8) is 0 Å². The van der Waals surface area contributed by atoms with E-state index in [0.717, 1.165) is 34.6 Å². The zero-order valence-corrected chi connectivity index (χ0v) is 26.6. The number of unbranched alkanes of at least 4 members (excludes halogenated alkanes) is 10. The van der Waals surface area contributed by atoms with Gasteiger partial charge in [0.25, 0.3) is 0 Å². The third-order valence-corrected chi connectivity index (χ3v) is 16.5. The Balaban J connectivity index is 5.39. The average Bonchev–Trinajstić information content (AvgIpc) is 2.78. The van der Waals surface area contributed by atoms with Crippen LogP contribution in [0.3, 0.4) is 0 Å². The Hall–Kier alpha value is 0.439. The summed E-state index contributed by atoms with van der Waals surface area (Å²) in [4.78, 5) is 25.9. The van der Waals surface area contributed by atoms with Gasteiger partial charge in [0.15, 0.2) is 0 Å². The summed E-state index contributed by atoms with van der Waals surface area (Å²) in [5, 5.41) is 0. The van der Waals surface area contributed by atoms with Gasteiger partial charge in [-0.1, -0.05) is 0 Å². The SMILES string of the molecule is CCCCCCC[CH2][Sn]([CH2]CCCCCCC)([O]C(=O)C(C)CCS)[O]C(=O)C(C)CCS. The molecule has 2 unspecified atom stereocenters. The Labute approximate surface area is 220 Å². The van der Waals surface area contributed by atoms with Crippen LogP contribution in [0.5, 0.6) is 0 Å². The normalized spacial score (nSPS) is 13.5. The van der Waals surface area contributed by atoms with E-state index < -0.39 is 19.2 Å². The molecule has 0 aromatic carbocycles. The van der Waals surface area contributed by atoms with Crippen LogP contribution >= 0.6 is 25.3 Å². The summed E-state index contributed by atoms with van der Waals surface area (Å²) in [6.45, 7) is 8.24. The molecule has 0 aromatic rings. The molecule has 0 aromatic heterocycles. The van der Waals surface area contributed by atoms with E-state index in [1.165, 1.54) is 51.4 Å². The van der Waals surface area contributed by atoms with Gasteiger partial charge in [-0.2, -0.15) is 0 Å². The Bertz CT molecular complexity index is 461. The summed E-state index contributed by atoms with van der Waals surface area (Å²) in [6.07, 6.45) is 15.4. The van der Waals surface area contributed by atoms with Crippen molar-refractivity contribution < 1.29 is 15.7 Å². The van der Waals surface area contributed by atoms with Gasteiger partial charge >= 0.3 is 222 Å². The second kappa shape index (κ2) is 21.7. The molecule has 0 aliphatic carbocycles. The summed E-state index contributed by atoms with van der Waals surface area (Å²) >= 11 is 4.63. The summed E-state index contributed by atoms with van der Waals surface area (Å²) < 4.78 is 14.1. The predicted molar refractivity (Wildman–Crippen MR) is 150 cm³/mol. The molecule has 0 aliphatic heterocycles. The van der Waals surface area contributed by atoms with E-state index in [1.54, 1.807) is 0 Å². The molecule has 0 heterocycles. The summed E-state index contributed by atoms with van der Waals surface area (Å²) in [7, 11) is 0. The Morgan fingerprint density at radius 2 is 0.970 bits per heavy atom. The summed E-state index contributed by atoms with van der Waals surface area (Å²) in [5.41, 5.74) is 0. The van der Waals surface area contributed by atoms with E-state index in [0.29, 0.717) is 24.3 Å². The molecule has 0 spiro atoms. The van der Waals surface area contributed by atoms with Crippen molar-refractivity contribution >= 4 is 56.4 Å². The van der Waals surface area contributed by atoms with Crippen LogP contribution in [-0.2, 0) is 15.7 Å². The molecule has 7 heteroatoms. The third-order valence-electron chi connectivity index (χ3n) is 6.32. The Morgan fingerprint density at radius 3 is 1.30 bits per heavy atom. The number of carbonyl (C=O) groups is 2. The van der Waals surface area contributed by atoms with Crippen molar-refractivity contribution in [2.24, 2.45) is 11.8 Å². The van der Waals surface area contributed by atoms with Crippen LogP contribution < -0.4 is 0 Å². The van der Waals surface area contributed by atoms with Gasteiger partial charge < -0.3 is 0 Å². The number of hydrogen-bond donors (Lipinski definition) is 2. The predicted octanol–water partition coefficient (Wildman–Crippen LogP) is 8.15. The van der Waals surface area contributed by atoms with Gasteiger partial charge in [-0.25, -0.2) is 0 Å². The Morgan fingerprint density at radius 1 is 0.636 bits per heavy atom. The van der Waals surface area contributed by atoms with Crippen molar-refractivity contribution in [1.29, 1.82) is 0 Å². The molecule has 0 fully saturated rings. The number of thiol groups is 2. The van der Waals surface area contributed by atoms with E-state index in [9.17, 15) is 9.59 Å². The van der Waals surface area contributed by atoms with Gasteiger partial charge in [0, 0.05) is 0 Å². The van der Waals surface area contributed by atoms with E-state index in [-0.39, 0.29) is 23.8 Å². The quantitative estimate of drug-likeness (QED) is 0.0738. The minimum atomic E-state index is -3.93. The first kappa shape index (κ1) is 33.4. The molecule has 33 heavy (non-hydrogen) atoms. The fraction of sp³-hybridized carbons (Fsp3) is 0.923. The van der Waals surface area contributed by atoms with Crippen LogP contribution in [-0.4, -0.2) is 42.6 Å². The van der Waals surface area contributed by atoms with Crippen molar-refractivity contribution in [1.82, 2.24) is 0 Å². The van der Waals surface area contributed by atoms with Gasteiger partial charge in [0.1, 0.15) is 0 Å². The number of hydrogen-bond acceptors (Lipinski definition) is 6. The molecule has 2 atom stereocenters.